The molecule has 1 N–H and O–H groups in total. The Kier molecular flexibility index (Phi) is 5.40. The second-order valence-corrected chi connectivity index (χ2v) is 4.20. The average Bonchev–Trinajstić information content (AvgIpc) is 2.34. The van der Waals surface area contributed by atoms with Gasteiger partial charge in [0.2, 0.25) is 0 Å². The highest BCUT2D eigenvalue weighted by Gasteiger charge is 2.18. The van der Waals surface area contributed by atoms with Crippen molar-refractivity contribution in [3.05, 3.63) is 35.4 Å². The van der Waals surface area contributed by atoms with Gasteiger partial charge in [-0.2, -0.15) is 0 Å². The van der Waals surface area contributed by atoms with Crippen LogP contribution in [-0.2, 0) is 11.2 Å². The highest BCUT2D eigenvalue weighted by Crippen LogP contribution is 2.18. The zero-order valence-corrected chi connectivity index (χ0v) is 10.1. The minimum Gasteiger partial charge on any atom is -0.481 e. The van der Waals surface area contributed by atoms with Gasteiger partial charge in [0, 0.05) is 5.56 Å². The number of hydrogen-bond acceptors (Lipinski definition) is 2. The second-order valence-electron chi connectivity index (χ2n) is 4.20. The zero-order valence-electron chi connectivity index (χ0n) is 10.1. The van der Waals surface area contributed by atoms with Crippen LogP contribution in [0.5, 0.6) is 0 Å². The van der Waals surface area contributed by atoms with E-state index >= 15 is 0 Å². The number of hydrogen-bond donors (Lipinski definition) is 1. The lowest BCUT2D eigenvalue weighted by Gasteiger charge is -2.12. The topological polar surface area (TPSA) is 54.4 Å². The molecule has 3 nitrogen and oxygen atoms in total. The molecule has 0 aliphatic carbocycles. The molecule has 0 spiro atoms. The molecule has 0 heterocycles. The fraction of sp³-hybridized carbons (Fsp3) is 0.429. The van der Waals surface area contributed by atoms with Crippen LogP contribution in [0.4, 0.5) is 0 Å². The molecule has 3 heteroatoms. The van der Waals surface area contributed by atoms with Gasteiger partial charge in [-0.25, -0.2) is 0 Å². The number of benzene rings is 1. The van der Waals surface area contributed by atoms with Gasteiger partial charge in [-0.3, -0.25) is 9.59 Å². The Hall–Kier alpha value is -1.64. The van der Waals surface area contributed by atoms with Crippen molar-refractivity contribution in [2.75, 3.05) is 0 Å². The van der Waals surface area contributed by atoms with Gasteiger partial charge in [-0.1, -0.05) is 44.0 Å². The van der Waals surface area contributed by atoms with E-state index in [1.54, 1.807) is 12.1 Å². The Labute approximate surface area is 101 Å². The van der Waals surface area contributed by atoms with Crippen LogP contribution >= 0.6 is 0 Å². The van der Waals surface area contributed by atoms with Crippen LogP contribution < -0.4 is 0 Å². The minimum atomic E-state index is -0.779. The first-order valence-electron chi connectivity index (χ1n) is 5.95. The van der Waals surface area contributed by atoms with Gasteiger partial charge in [0.25, 0.3) is 0 Å². The standard InChI is InChI=1S/C14H18O3/c1-2-3-6-12(14(16)17)9-11-7-4-5-8-13(11)10-15/h4-5,7-8,10,12H,2-3,6,9H2,1H3,(H,16,17). The first kappa shape index (κ1) is 13.4. The average molecular weight is 234 g/mol. The van der Waals surface area contributed by atoms with E-state index in [2.05, 4.69) is 0 Å². The molecule has 1 unspecified atom stereocenters. The van der Waals surface area contributed by atoms with Crippen molar-refractivity contribution in [3.8, 4) is 0 Å². The maximum Gasteiger partial charge on any atom is 0.306 e. The predicted octanol–water partition coefficient (Wildman–Crippen LogP) is 2.93. The number of rotatable bonds is 7. The third-order valence-corrected chi connectivity index (χ3v) is 2.90. The normalized spacial score (nSPS) is 12.1. The highest BCUT2D eigenvalue weighted by molar-refractivity contribution is 5.78. The summed E-state index contributed by atoms with van der Waals surface area (Å²) in [5.41, 5.74) is 1.42. The molecule has 0 saturated carbocycles. The number of carbonyl (C=O) groups excluding carboxylic acids is 1. The van der Waals surface area contributed by atoms with Crippen LogP contribution in [0.15, 0.2) is 24.3 Å². The number of aldehydes is 1. The van der Waals surface area contributed by atoms with Crippen LogP contribution in [0, 0.1) is 5.92 Å². The second kappa shape index (κ2) is 6.84. The van der Waals surface area contributed by atoms with E-state index in [4.69, 9.17) is 5.11 Å². The van der Waals surface area contributed by atoms with Gasteiger partial charge in [-0.15, -0.1) is 0 Å². The summed E-state index contributed by atoms with van der Waals surface area (Å²) >= 11 is 0. The minimum absolute atomic E-state index is 0.393. The van der Waals surface area contributed by atoms with E-state index in [9.17, 15) is 9.59 Å². The maximum absolute atomic E-state index is 11.1. The summed E-state index contributed by atoms with van der Waals surface area (Å²) in [6.45, 7) is 2.04. The number of carbonyl (C=O) groups is 2. The summed E-state index contributed by atoms with van der Waals surface area (Å²) in [5.74, 6) is -1.17. The molecule has 0 fully saturated rings. The summed E-state index contributed by atoms with van der Waals surface area (Å²) in [5, 5.41) is 9.14. The lowest BCUT2D eigenvalue weighted by atomic mass is 9.92. The SMILES string of the molecule is CCCCC(Cc1ccccc1C=O)C(=O)O. The van der Waals surface area contributed by atoms with E-state index in [0.29, 0.717) is 18.4 Å². The molecule has 1 aromatic rings. The van der Waals surface area contributed by atoms with Gasteiger partial charge in [0.1, 0.15) is 6.29 Å². The number of carboxylic acids is 1. The Morgan fingerprint density at radius 1 is 1.41 bits per heavy atom. The third kappa shape index (κ3) is 4.02. The third-order valence-electron chi connectivity index (χ3n) is 2.90. The molecule has 0 amide bonds. The smallest absolute Gasteiger partial charge is 0.306 e. The van der Waals surface area contributed by atoms with Gasteiger partial charge >= 0.3 is 5.97 Å². The Morgan fingerprint density at radius 3 is 2.71 bits per heavy atom. The van der Waals surface area contributed by atoms with E-state index < -0.39 is 11.9 Å². The zero-order chi connectivity index (χ0) is 12.7. The summed E-state index contributed by atoms with van der Waals surface area (Å²) in [6, 6.07) is 7.17. The lowest BCUT2D eigenvalue weighted by molar-refractivity contribution is -0.142. The largest absolute Gasteiger partial charge is 0.481 e. The molecule has 0 saturated heterocycles. The van der Waals surface area contributed by atoms with Crippen LogP contribution in [0.25, 0.3) is 0 Å². The quantitative estimate of drug-likeness (QED) is 0.738. The van der Waals surface area contributed by atoms with Crippen LogP contribution in [0.1, 0.15) is 42.1 Å². The molecular weight excluding hydrogens is 216 g/mol. The van der Waals surface area contributed by atoms with Crippen molar-refractivity contribution >= 4 is 12.3 Å². The molecule has 1 rings (SSSR count). The first-order chi connectivity index (χ1) is 8.19. The van der Waals surface area contributed by atoms with Gasteiger partial charge in [0.05, 0.1) is 5.92 Å². The van der Waals surface area contributed by atoms with Crippen molar-refractivity contribution < 1.29 is 14.7 Å². The van der Waals surface area contributed by atoms with Crippen LogP contribution in [0.2, 0.25) is 0 Å². The summed E-state index contributed by atoms with van der Waals surface area (Å²) < 4.78 is 0. The van der Waals surface area contributed by atoms with Gasteiger partial charge in [0.15, 0.2) is 0 Å². The molecule has 0 aliphatic rings. The Morgan fingerprint density at radius 2 is 2.12 bits per heavy atom. The Bertz CT molecular complexity index is 385. The maximum atomic E-state index is 11.1. The fourth-order valence-corrected chi connectivity index (χ4v) is 1.86. The monoisotopic (exact) mass is 234 g/mol. The number of carboxylic acid groups (broad SMARTS) is 1. The van der Waals surface area contributed by atoms with E-state index in [1.165, 1.54) is 0 Å². The number of unbranched alkanes of at least 4 members (excludes halogenated alkanes) is 1. The van der Waals surface area contributed by atoms with Crippen molar-refractivity contribution in [2.24, 2.45) is 5.92 Å². The molecular formula is C14H18O3. The molecule has 92 valence electrons. The van der Waals surface area contributed by atoms with Gasteiger partial charge < -0.3 is 5.11 Å². The van der Waals surface area contributed by atoms with Crippen molar-refractivity contribution in [2.45, 2.75) is 32.6 Å². The number of aliphatic carboxylic acids is 1. The van der Waals surface area contributed by atoms with Crippen molar-refractivity contribution in [1.82, 2.24) is 0 Å². The van der Waals surface area contributed by atoms with E-state index in [-0.39, 0.29) is 0 Å². The van der Waals surface area contributed by atoms with Crippen LogP contribution in [-0.4, -0.2) is 17.4 Å². The molecule has 0 bridgehead atoms. The predicted molar refractivity (Wildman–Crippen MR) is 66.2 cm³/mol. The van der Waals surface area contributed by atoms with Crippen LogP contribution in [0.3, 0.4) is 0 Å². The van der Waals surface area contributed by atoms with Crippen molar-refractivity contribution in [3.63, 3.8) is 0 Å². The molecule has 1 aromatic carbocycles. The molecule has 17 heavy (non-hydrogen) atoms. The Balaban J connectivity index is 2.78. The molecule has 0 aliphatic heterocycles. The van der Waals surface area contributed by atoms with E-state index in [1.807, 2.05) is 19.1 Å². The first-order valence-corrected chi connectivity index (χ1v) is 5.95. The summed E-state index contributed by atoms with van der Waals surface area (Å²) in [7, 11) is 0. The van der Waals surface area contributed by atoms with E-state index in [0.717, 1.165) is 24.7 Å². The van der Waals surface area contributed by atoms with Gasteiger partial charge in [-0.05, 0) is 18.4 Å². The summed E-state index contributed by atoms with van der Waals surface area (Å²) in [4.78, 5) is 22.0. The van der Waals surface area contributed by atoms with Crippen molar-refractivity contribution in [1.29, 1.82) is 0 Å². The molecule has 0 aromatic heterocycles. The lowest BCUT2D eigenvalue weighted by Crippen LogP contribution is -2.17. The molecule has 0 radical (unpaired) electrons. The highest BCUT2D eigenvalue weighted by atomic mass is 16.4. The molecule has 1 atom stereocenters. The summed E-state index contributed by atoms with van der Waals surface area (Å²) in [6.07, 6.45) is 3.77. The fourth-order valence-electron chi connectivity index (χ4n) is 1.86.